The molecule has 0 radical (unpaired) electrons. The molecule has 0 aromatic rings. The zero-order valence-corrected chi connectivity index (χ0v) is 10.2. The van der Waals surface area contributed by atoms with E-state index in [1.807, 2.05) is 0 Å². The fourth-order valence-electron chi connectivity index (χ4n) is 0. The molecule has 34 valence electrons. The van der Waals surface area contributed by atoms with Crippen molar-refractivity contribution in [1.82, 2.24) is 0 Å². The maximum absolute atomic E-state index is 8.74. The Morgan fingerprint density at radius 2 is 1.17 bits per heavy atom. The van der Waals surface area contributed by atoms with E-state index < -0.39 is 8.25 Å². The summed E-state index contributed by atoms with van der Waals surface area (Å²) in [7, 11) is -3.13. The summed E-state index contributed by atoms with van der Waals surface area (Å²) < 4.78 is 8.74. The molecule has 0 bridgehead atoms. The minimum Gasteiger partial charge on any atom is -0.326 e. The van der Waals surface area contributed by atoms with Crippen LogP contribution >= 0.6 is 8.25 Å². The summed E-state index contributed by atoms with van der Waals surface area (Å²) in [4.78, 5) is 14.3. The minimum atomic E-state index is -3.13. The molecule has 0 aliphatic heterocycles. The second kappa shape index (κ2) is 10.8. The van der Waals surface area contributed by atoms with Crippen LogP contribution in [0.25, 0.3) is 0 Å². The van der Waals surface area contributed by atoms with Crippen LogP contribution in [-0.4, -0.2) is 9.79 Å². The second-order valence-corrected chi connectivity index (χ2v) is 0.848. The maximum Gasteiger partial charge on any atom is 0.314 e. The molecular weight excluding hydrogens is 367 g/mol. The molecule has 0 amide bonds. The van der Waals surface area contributed by atoms with Gasteiger partial charge >= 0.3 is 8.25 Å². The van der Waals surface area contributed by atoms with Crippen LogP contribution in [0.3, 0.4) is 0 Å². The molecule has 0 aromatic carbocycles. The van der Waals surface area contributed by atoms with Crippen molar-refractivity contribution in [1.29, 1.82) is 0 Å². The van der Waals surface area contributed by atoms with E-state index in [0.717, 1.165) is 0 Å². The van der Waals surface area contributed by atoms with Crippen molar-refractivity contribution in [2.75, 3.05) is 0 Å². The first kappa shape index (κ1) is 15.9. The van der Waals surface area contributed by atoms with Crippen molar-refractivity contribution < 1.29 is 96.0 Å². The van der Waals surface area contributed by atoms with Gasteiger partial charge in [0.1, 0.15) is 0 Å². The SMILES string of the molecule is O=[PH](O)O.[Nd].[Nd]. The second-order valence-electron chi connectivity index (χ2n) is 0.283. The Bertz CT molecular complexity index is 31.8. The molecule has 0 spiro atoms. The Hall–Kier alpha value is 2.85. The molecule has 6 heteroatoms. The van der Waals surface area contributed by atoms with Gasteiger partial charge < -0.3 is 9.79 Å². The third-order valence-electron chi connectivity index (χ3n) is 0. The predicted molar refractivity (Wildman–Crippen MR) is 13.4 cm³/mol. The van der Waals surface area contributed by atoms with Crippen LogP contribution in [0, 0.1) is 81.7 Å². The van der Waals surface area contributed by atoms with E-state index in [4.69, 9.17) is 14.4 Å². The Balaban J connectivity index is -0.0000000450. The molecule has 0 aliphatic carbocycles. The van der Waals surface area contributed by atoms with Crippen LogP contribution < -0.4 is 0 Å². The van der Waals surface area contributed by atoms with Gasteiger partial charge in [0.15, 0.2) is 0 Å². The average molecular weight is 370 g/mol. The molecule has 0 rings (SSSR count). The molecule has 6 heavy (non-hydrogen) atoms. The normalized spacial score (nSPS) is 5.83. The molecule has 0 saturated heterocycles. The number of hydrogen-bond donors (Lipinski definition) is 2. The van der Waals surface area contributed by atoms with Gasteiger partial charge in [-0.25, -0.2) is 0 Å². The molecular formula is H3Nd2O3P. The van der Waals surface area contributed by atoms with Gasteiger partial charge in [-0.05, 0) is 0 Å². The Morgan fingerprint density at radius 1 is 1.17 bits per heavy atom. The topological polar surface area (TPSA) is 57.5 Å². The van der Waals surface area contributed by atoms with Gasteiger partial charge in [-0.15, -0.1) is 0 Å². The largest absolute Gasteiger partial charge is 0.326 e. The van der Waals surface area contributed by atoms with Gasteiger partial charge in [0.2, 0.25) is 0 Å². The number of hydrogen-bond acceptors (Lipinski definition) is 1. The van der Waals surface area contributed by atoms with Crippen LogP contribution in [0.2, 0.25) is 0 Å². The zero-order chi connectivity index (χ0) is 3.58. The molecule has 2 N–H and O–H groups in total. The van der Waals surface area contributed by atoms with E-state index in [1.54, 1.807) is 0 Å². The summed E-state index contributed by atoms with van der Waals surface area (Å²) in [6.07, 6.45) is 0. The van der Waals surface area contributed by atoms with Crippen molar-refractivity contribution in [3.63, 3.8) is 0 Å². The molecule has 3 nitrogen and oxygen atoms in total. The average Bonchev–Trinajstić information content (AvgIpc) is 0.811. The molecule has 0 saturated carbocycles. The fourth-order valence-corrected chi connectivity index (χ4v) is 0. The summed E-state index contributed by atoms with van der Waals surface area (Å²) >= 11 is 0. The van der Waals surface area contributed by atoms with Crippen LogP contribution in [0.1, 0.15) is 0 Å². The smallest absolute Gasteiger partial charge is 0.314 e. The Labute approximate surface area is 102 Å². The third-order valence-corrected chi connectivity index (χ3v) is 0. The molecule has 0 aromatic heterocycles. The summed E-state index contributed by atoms with van der Waals surface area (Å²) in [5.41, 5.74) is 0. The standard InChI is InChI=1S/2Nd.H3O3P/c;;1-4(2)3/h;;4H,(H2,1,2,3). The Kier molecular flexibility index (Phi) is 28.6. The van der Waals surface area contributed by atoms with Crippen molar-refractivity contribution in [3.8, 4) is 0 Å². The van der Waals surface area contributed by atoms with Crippen LogP contribution in [0.4, 0.5) is 0 Å². The maximum atomic E-state index is 8.74. The first-order valence-corrected chi connectivity index (χ1v) is 1.95. The van der Waals surface area contributed by atoms with Crippen LogP contribution in [-0.2, 0) is 4.57 Å². The number of rotatable bonds is 0. The van der Waals surface area contributed by atoms with Gasteiger partial charge in [0, 0.05) is 81.7 Å². The van der Waals surface area contributed by atoms with Gasteiger partial charge in [-0.1, -0.05) is 0 Å². The summed E-state index contributed by atoms with van der Waals surface area (Å²) in [5.74, 6) is 0. The monoisotopic (exact) mass is 366 g/mol. The summed E-state index contributed by atoms with van der Waals surface area (Å²) in [5, 5.41) is 0. The van der Waals surface area contributed by atoms with Crippen molar-refractivity contribution >= 4 is 8.25 Å². The van der Waals surface area contributed by atoms with E-state index in [0.29, 0.717) is 0 Å². The Morgan fingerprint density at radius 3 is 1.17 bits per heavy atom. The van der Waals surface area contributed by atoms with E-state index in [2.05, 4.69) is 0 Å². The van der Waals surface area contributed by atoms with Crippen molar-refractivity contribution in [2.24, 2.45) is 0 Å². The quantitative estimate of drug-likeness (QED) is 0.558. The van der Waals surface area contributed by atoms with Gasteiger partial charge in [0.25, 0.3) is 0 Å². The van der Waals surface area contributed by atoms with E-state index in [-0.39, 0.29) is 81.7 Å². The van der Waals surface area contributed by atoms with Crippen molar-refractivity contribution in [2.45, 2.75) is 0 Å². The van der Waals surface area contributed by atoms with Crippen molar-refractivity contribution in [3.05, 3.63) is 0 Å². The van der Waals surface area contributed by atoms with Gasteiger partial charge in [-0.2, -0.15) is 0 Å². The van der Waals surface area contributed by atoms with E-state index in [9.17, 15) is 0 Å². The van der Waals surface area contributed by atoms with Crippen LogP contribution in [0.5, 0.6) is 0 Å². The molecule has 0 heterocycles. The summed E-state index contributed by atoms with van der Waals surface area (Å²) in [6.45, 7) is 0. The zero-order valence-electron chi connectivity index (χ0n) is 2.80. The first-order valence-electron chi connectivity index (χ1n) is 0.651. The summed E-state index contributed by atoms with van der Waals surface area (Å²) in [6, 6.07) is 0. The molecule has 0 unspecified atom stereocenters. The van der Waals surface area contributed by atoms with E-state index >= 15 is 0 Å². The molecule has 0 atom stereocenters. The third kappa shape index (κ3) is 28.9. The first-order chi connectivity index (χ1) is 1.73. The van der Waals surface area contributed by atoms with Gasteiger partial charge in [0.05, 0.1) is 0 Å². The minimum absolute atomic E-state index is 0. The van der Waals surface area contributed by atoms with Crippen LogP contribution in [0.15, 0.2) is 0 Å². The fraction of sp³-hybridized carbons (Fsp3) is 0. The van der Waals surface area contributed by atoms with Gasteiger partial charge in [-0.3, -0.25) is 4.57 Å². The molecule has 0 fully saturated rings. The van der Waals surface area contributed by atoms with E-state index in [1.165, 1.54) is 0 Å². The predicted octanol–water partition coefficient (Wildman–Crippen LogP) is -0.639. The molecule has 0 aliphatic rings.